The van der Waals surface area contributed by atoms with Crippen LogP contribution >= 0.6 is 0 Å². The number of pyridine rings is 1. The Morgan fingerprint density at radius 1 is 0.792 bits per heavy atom. The molecule has 0 unspecified atom stereocenters. The van der Waals surface area contributed by atoms with Crippen molar-refractivity contribution in [2.45, 2.75) is 20.5 Å². The number of hydrogen-bond acceptors (Lipinski definition) is 3. The van der Waals surface area contributed by atoms with Crippen LogP contribution in [0, 0.1) is 13.8 Å². The molecule has 0 N–H and O–H groups in total. The molecule has 2 aromatic carbocycles. The number of nitrogens with zero attached hydrogens (tertiary/aromatic N) is 1. The van der Waals surface area contributed by atoms with Gasteiger partial charge in [0.1, 0.15) is 6.61 Å². The highest BCUT2D eigenvalue weighted by Gasteiger charge is 2.06. The van der Waals surface area contributed by atoms with Crippen molar-refractivity contribution in [1.29, 1.82) is 0 Å². The SMILES string of the molecule is COc1cc(C)ccc1OCc1cncc(-c2ccc(C)cc2)c1. The number of methoxy groups -OCH3 is 1. The summed E-state index contributed by atoms with van der Waals surface area (Å²) < 4.78 is 11.3. The number of benzene rings is 2. The topological polar surface area (TPSA) is 31.4 Å². The molecule has 1 aromatic heterocycles. The van der Waals surface area contributed by atoms with Crippen LogP contribution in [-0.4, -0.2) is 12.1 Å². The Morgan fingerprint density at radius 3 is 2.29 bits per heavy atom. The summed E-state index contributed by atoms with van der Waals surface area (Å²) in [4.78, 5) is 4.34. The van der Waals surface area contributed by atoms with Crippen LogP contribution in [0.15, 0.2) is 60.9 Å². The van der Waals surface area contributed by atoms with E-state index in [4.69, 9.17) is 9.47 Å². The van der Waals surface area contributed by atoms with Gasteiger partial charge in [-0.1, -0.05) is 35.9 Å². The van der Waals surface area contributed by atoms with Crippen molar-refractivity contribution in [3.05, 3.63) is 77.6 Å². The van der Waals surface area contributed by atoms with Crippen LogP contribution in [-0.2, 0) is 6.61 Å². The lowest BCUT2D eigenvalue weighted by Gasteiger charge is -2.12. The van der Waals surface area contributed by atoms with E-state index in [-0.39, 0.29) is 0 Å². The maximum Gasteiger partial charge on any atom is 0.161 e. The largest absolute Gasteiger partial charge is 0.493 e. The second-order valence-corrected chi connectivity index (χ2v) is 5.89. The minimum absolute atomic E-state index is 0.451. The van der Waals surface area contributed by atoms with E-state index in [9.17, 15) is 0 Å². The Balaban J connectivity index is 1.77. The minimum Gasteiger partial charge on any atom is -0.493 e. The molecule has 0 saturated carbocycles. The summed E-state index contributed by atoms with van der Waals surface area (Å²) in [6.07, 6.45) is 3.71. The van der Waals surface area contributed by atoms with Gasteiger partial charge in [0.05, 0.1) is 7.11 Å². The quantitative estimate of drug-likeness (QED) is 0.666. The van der Waals surface area contributed by atoms with Crippen molar-refractivity contribution >= 4 is 0 Å². The molecule has 0 atom stereocenters. The molecule has 0 aliphatic heterocycles. The smallest absolute Gasteiger partial charge is 0.161 e. The minimum atomic E-state index is 0.451. The zero-order valence-corrected chi connectivity index (χ0v) is 14.2. The van der Waals surface area contributed by atoms with Crippen LogP contribution < -0.4 is 9.47 Å². The molecule has 0 radical (unpaired) electrons. The number of ether oxygens (including phenoxy) is 2. The number of hydrogen-bond donors (Lipinski definition) is 0. The van der Waals surface area contributed by atoms with Crippen LogP contribution in [0.25, 0.3) is 11.1 Å². The van der Waals surface area contributed by atoms with Gasteiger partial charge in [-0.2, -0.15) is 0 Å². The molecule has 122 valence electrons. The molecule has 0 fully saturated rings. The maximum atomic E-state index is 5.91. The standard InChI is InChI=1S/C21H21NO2/c1-15-4-7-18(8-5-15)19-11-17(12-22-13-19)14-24-20-9-6-16(2)10-21(20)23-3/h4-13H,14H2,1-3H3. The third-order valence-corrected chi connectivity index (χ3v) is 3.89. The first-order valence-electron chi connectivity index (χ1n) is 7.94. The van der Waals surface area contributed by atoms with Gasteiger partial charge in [-0.25, -0.2) is 0 Å². The lowest BCUT2D eigenvalue weighted by atomic mass is 10.0. The summed E-state index contributed by atoms with van der Waals surface area (Å²) in [5.74, 6) is 1.49. The predicted molar refractivity (Wildman–Crippen MR) is 96.5 cm³/mol. The first kappa shape index (κ1) is 16.1. The average molecular weight is 319 g/mol. The molecule has 0 spiro atoms. The van der Waals surface area contributed by atoms with Crippen LogP contribution in [0.3, 0.4) is 0 Å². The van der Waals surface area contributed by atoms with Gasteiger partial charge in [0, 0.05) is 23.5 Å². The average Bonchev–Trinajstić information content (AvgIpc) is 2.61. The summed E-state index contributed by atoms with van der Waals surface area (Å²) in [5, 5.41) is 0. The third kappa shape index (κ3) is 3.74. The second-order valence-electron chi connectivity index (χ2n) is 5.89. The fraction of sp³-hybridized carbons (Fsp3) is 0.190. The molecule has 0 aliphatic carbocycles. The molecule has 3 nitrogen and oxygen atoms in total. The van der Waals surface area contributed by atoms with E-state index >= 15 is 0 Å². The maximum absolute atomic E-state index is 5.91. The van der Waals surface area contributed by atoms with E-state index in [0.29, 0.717) is 6.61 Å². The predicted octanol–water partition coefficient (Wildman–Crippen LogP) is 4.95. The Morgan fingerprint density at radius 2 is 1.54 bits per heavy atom. The summed E-state index contributed by atoms with van der Waals surface area (Å²) in [5.41, 5.74) is 5.66. The molecule has 3 rings (SSSR count). The van der Waals surface area contributed by atoms with Crippen molar-refractivity contribution in [1.82, 2.24) is 4.98 Å². The van der Waals surface area contributed by atoms with E-state index in [2.05, 4.69) is 42.2 Å². The number of aryl methyl sites for hydroxylation is 2. The van der Waals surface area contributed by atoms with E-state index in [1.807, 2.05) is 37.5 Å². The molecule has 3 heteroatoms. The van der Waals surface area contributed by atoms with Gasteiger partial charge >= 0.3 is 0 Å². The molecule has 0 saturated heterocycles. The van der Waals surface area contributed by atoms with Gasteiger partial charge < -0.3 is 9.47 Å². The molecule has 0 aliphatic rings. The van der Waals surface area contributed by atoms with Gasteiger partial charge in [-0.05, 0) is 43.2 Å². The summed E-state index contributed by atoms with van der Waals surface area (Å²) in [7, 11) is 1.65. The summed E-state index contributed by atoms with van der Waals surface area (Å²) >= 11 is 0. The molecule has 0 amide bonds. The van der Waals surface area contributed by atoms with Crippen molar-refractivity contribution in [2.75, 3.05) is 7.11 Å². The van der Waals surface area contributed by atoms with Gasteiger partial charge in [0.2, 0.25) is 0 Å². The van der Waals surface area contributed by atoms with Gasteiger partial charge in [-0.15, -0.1) is 0 Å². The number of aromatic nitrogens is 1. The van der Waals surface area contributed by atoms with Crippen molar-refractivity contribution < 1.29 is 9.47 Å². The molecule has 24 heavy (non-hydrogen) atoms. The molecular formula is C21H21NO2. The van der Waals surface area contributed by atoms with E-state index in [1.54, 1.807) is 7.11 Å². The monoisotopic (exact) mass is 319 g/mol. The fourth-order valence-electron chi connectivity index (χ4n) is 2.53. The first-order chi connectivity index (χ1) is 11.7. The third-order valence-electron chi connectivity index (χ3n) is 3.89. The normalized spacial score (nSPS) is 10.5. The zero-order valence-electron chi connectivity index (χ0n) is 14.2. The van der Waals surface area contributed by atoms with E-state index < -0.39 is 0 Å². The highest BCUT2D eigenvalue weighted by Crippen LogP contribution is 2.29. The summed E-state index contributed by atoms with van der Waals surface area (Å²) in [6, 6.07) is 16.5. The molecule has 3 aromatic rings. The van der Waals surface area contributed by atoms with Crippen LogP contribution in [0.5, 0.6) is 11.5 Å². The Bertz CT molecular complexity index is 825. The highest BCUT2D eigenvalue weighted by atomic mass is 16.5. The Hall–Kier alpha value is -2.81. The zero-order chi connectivity index (χ0) is 16.9. The lowest BCUT2D eigenvalue weighted by molar-refractivity contribution is 0.284. The van der Waals surface area contributed by atoms with Gasteiger partial charge in [0.15, 0.2) is 11.5 Å². The fourth-order valence-corrected chi connectivity index (χ4v) is 2.53. The van der Waals surface area contributed by atoms with Crippen LogP contribution in [0.2, 0.25) is 0 Å². The van der Waals surface area contributed by atoms with Crippen molar-refractivity contribution in [2.24, 2.45) is 0 Å². The van der Waals surface area contributed by atoms with Gasteiger partial charge in [0.25, 0.3) is 0 Å². The van der Waals surface area contributed by atoms with Crippen molar-refractivity contribution in [3.8, 4) is 22.6 Å². The van der Waals surface area contributed by atoms with Crippen LogP contribution in [0.1, 0.15) is 16.7 Å². The highest BCUT2D eigenvalue weighted by molar-refractivity contribution is 5.63. The van der Waals surface area contributed by atoms with E-state index in [1.165, 1.54) is 5.56 Å². The van der Waals surface area contributed by atoms with Crippen molar-refractivity contribution in [3.63, 3.8) is 0 Å². The second kappa shape index (κ2) is 7.18. The summed E-state index contributed by atoms with van der Waals surface area (Å²) in [6.45, 7) is 4.56. The first-order valence-corrected chi connectivity index (χ1v) is 7.94. The van der Waals surface area contributed by atoms with Gasteiger partial charge in [-0.3, -0.25) is 4.98 Å². The Kier molecular flexibility index (Phi) is 4.80. The number of rotatable bonds is 5. The van der Waals surface area contributed by atoms with E-state index in [0.717, 1.165) is 33.8 Å². The molecule has 1 heterocycles. The Labute approximate surface area is 142 Å². The molecule has 0 bridgehead atoms. The molecular weight excluding hydrogens is 298 g/mol. The van der Waals surface area contributed by atoms with Crippen LogP contribution in [0.4, 0.5) is 0 Å². The lowest BCUT2D eigenvalue weighted by Crippen LogP contribution is -1.99.